The molecular formula is C15H24N2. The molecule has 0 amide bonds. The van der Waals surface area contributed by atoms with Crippen LogP contribution in [0.25, 0.3) is 0 Å². The zero-order chi connectivity index (χ0) is 12.3. The third kappa shape index (κ3) is 3.81. The Morgan fingerprint density at radius 3 is 2.65 bits per heavy atom. The van der Waals surface area contributed by atoms with Crippen LogP contribution in [0.1, 0.15) is 45.6 Å². The number of hydrogen-bond donors (Lipinski definition) is 1. The summed E-state index contributed by atoms with van der Waals surface area (Å²) in [6, 6.07) is 4.84. The molecule has 0 spiro atoms. The summed E-state index contributed by atoms with van der Waals surface area (Å²) in [5.74, 6) is 0.841. The summed E-state index contributed by atoms with van der Waals surface area (Å²) in [6.45, 7) is 8.13. The Morgan fingerprint density at radius 2 is 2.00 bits per heavy atom. The third-order valence-corrected chi connectivity index (χ3v) is 3.73. The molecule has 2 unspecified atom stereocenters. The Morgan fingerprint density at radius 1 is 1.29 bits per heavy atom. The molecule has 2 nitrogen and oxygen atoms in total. The lowest BCUT2D eigenvalue weighted by atomic mass is 9.70. The summed E-state index contributed by atoms with van der Waals surface area (Å²) >= 11 is 0. The predicted octanol–water partition coefficient (Wildman–Crippen LogP) is 3.39. The van der Waals surface area contributed by atoms with E-state index in [0.29, 0.717) is 11.5 Å². The van der Waals surface area contributed by atoms with Crippen molar-refractivity contribution in [2.75, 3.05) is 0 Å². The molecule has 2 rings (SSSR count). The summed E-state index contributed by atoms with van der Waals surface area (Å²) in [4.78, 5) is 4.05. The van der Waals surface area contributed by atoms with Gasteiger partial charge < -0.3 is 5.32 Å². The Bertz CT molecular complexity index is 345. The van der Waals surface area contributed by atoms with Gasteiger partial charge in [0.2, 0.25) is 0 Å². The third-order valence-electron chi connectivity index (χ3n) is 3.73. The van der Waals surface area contributed by atoms with Gasteiger partial charge in [0.1, 0.15) is 0 Å². The highest BCUT2D eigenvalue weighted by Gasteiger charge is 2.31. The number of aromatic nitrogens is 1. The van der Waals surface area contributed by atoms with Gasteiger partial charge in [-0.2, -0.15) is 0 Å². The molecule has 94 valence electrons. The van der Waals surface area contributed by atoms with E-state index in [1.54, 1.807) is 0 Å². The molecule has 2 heteroatoms. The average Bonchev–Trinajstić information content (AvgIpc) is 2.25. The molecular weight excluding hydrogens is 208 g/mol. The Labute approximate surface area is 105 Å². The highest BCUT2D eigenvalue weighted by molar-refractivity contribution is 5.09. The standard InChI is InChI=1S/C15H24N2/c1-12-8-14(10-15(2,3)9-12)17-11-13-4-6-16-7-5-13/h4-7,12,14,17H,8-11H2,1-3H3. The molecule has 0 bridgehead atoms. The molecule has 0 radical (unpaired) electrons. The van der Waals surface area contributed by atoms with Crippen LogP contribution in [0.4, 0.5) is 0 Å². The van der Waals surface area contributed by atoms with Crippen molar-refractivity contribution in [1.82, 2.24) is 10.3 Å². The molecule has 17 heavy (non-hydrogen) atoms. The molecule has 2 atom stereocenters. The largest absolute Gasteiger partial charge is 0.310 e. The number of pyridine rings is 1. The topological polar surface area (TPSA) is 24.9 Å². The van der Waals surface area contributed by atoms with E-state index in [4.69, 9.17) is 0 Å². The van der Waals surface area contributed by atoms with Crippen LogP contribution in [-0.2, 0) is 6.54 Å². The SMILES string of the molecule is CC1CC(NCc2ccncc2)CC(C)(C)C1. The second-order valence-corrected chi connectivity index (χ2v) is 6.35. The maximum Gasteiger partial charge on any atom is 0.0271 e. The van der Waals surface area contributed by atoms with Crippen molar-refractivity contribution in [3.05, 3.63) is 30.1 Å². The molecule has 1 N–H and O–H groups in total. The number of rotatable bonds is 3. The summed E-state index contributed by atoms with van der Waals surface area (Å²) < 4.78 is 0. The lowest BCUT2D eigenvalue weighted by molar-refractivity contribution is 0.151. The van der Waals surface area contributed by atoms with Crippen LogP contribution in [-0.4, -0.2) is 11.0 Å². The molecule has 0 saturated heterocycles. The van der Waals surface area contributed by atoms with Crippen molar-refractivity contribution >= 4 is 0 Å². The first-order valence-corrected chi connectivity index (χ1v) is 6.67. The zero-order valence-corrected chi connectivity index (χ0v) is 11.2. The van der Waals surface area contributed by atoms with Gasteiger partial charge in [-0.1, -0.05) is 20.8 Å². The van der Waals surface area contributed by atoms with Gasteiger partial charge in [0.05, 0.1) is 0 Å². The van der Waals surface area contributed by atoms with Crippen LogP contribution in [0.15, 0.2) is 24.5 Å². The summed E-state index contributed by atoms with van der Waals surface area (Å²) in [6.07, 6.45) is 7.70. The lowest BCUT2D eigenvalue weighted by Gasteiger charge is -2.39. The second-order valence-electron chi connectivity index (χ2n) is 6.35. The zero-order valence-electron chi connectivity index (χ0n) is 11.2. The number of nitrogens with one attached hydrogen (secondary N) is 1. The smallest absolute Gasteiger partial charge is 0.0271 e. The molecule has 1 heterocycles. The van der Waals surface area contributed by atoms with Crippen molar-refractivity contribution in [2.45, 2.75) is 52.6 Å². The first-order chi connectivity index (χ1) is 8.05. The van der Waals surface area contributed by atoms with E-state index < -0.39 is 0 Å². The van der Waals surface area contributed by atoms with Gasteiger partial charge in [-0.15, -0.1) is 0 Å². The average molecular weight is 232 g/mol. The Balaban J connectivity index is 1.87. The minimum absolute atomic E-state index is 0.494. The van der Waals surface area contributed by atoms with Crippen LogP contribution >= 0.6 is 0 Å². The van der Waals surface area contributed by atoms with Crippen molar-refractivity contribution in [2.24, 2.45) is 11.3 Å². The van der Waals surface area contributed by atoms with Crippen molar-refractivity contribution in [1.29, 1.82) is 0 Å². The maximum absolute atomic E-state index is 4.05. The summed E-state index contributed by atoms with van der Waals surface area (Å²) in [5, 5.41) is 3.70. The van der Waals surface area contributed by atoms with E-state index in [0.717, 1.165) is 12.5 Å². The van der Waals surface area contributed by atoms with E-state index in [9.17, 15) is 0 Å². The first kappa shape index (κ1) is 12.6. The molecule has 1 aliphatic carbocycles. The Kier molecular flexibility index (Phi) is 3.82. The molecule has 1 aromatic heterocycles. The van der Waals surface area contributed by atoms with Gasteiger partial charge in [-0.25, -0.2) is 0 Å². The van der Waals surface area contributed by atoms with Crippen molar-refractivity contribution < 1.29 is 0 Å². The predicted molar refractivity (Wildman–Crippen MR) is 71.7 cm³/mol. The normalized spacial score (nSPS) is 27.9. The van der Waals surface area contributed by atoms with E-state index in [-0.39, 0.29) is 0 Å². The molecule has 1 fully saturated rings. The molecule has 1 aromatic rings. The van der Waals surface area contributed by atoms with Crippen LogP contribution in [0.5, 0.6) is 0 Å². The van der Waals surface area contributed by atoms with E-state index in [1.165, 1.54) is 24.8 Å². The van der Waals surface area contributed by atoms with E-state index in [2.05, 4.69) is 43.2 Å². The van der Waals surface area contributed by atoms with E-state index in [1.807, 2.05) is 12.4 Å². The monoisotopic (exact) mass is 232 g/mol. The second kappa shape index (κ2) is 5.18. The maximum atomic E-state index is 4.05. The minimum atomic E-state index is 0.494. The first-order valence-electron chi connectivity index (χ1n) is 6.67. The minimum Gasteiger partial charge on any atom is -0.310 e. The highest BCUT2D eigenvalue weighted by atomic mass is 14.9. The fourth-order valence-electron chi connectivity index (χ4n) is 3.26. The van der Waals surface area contributed by atoms with Crippen molar-refractivity contribution in [3.8, 4) is 0 Å². The van der Waals surface area contributed by atoms with Gasteiger partial charge in [0, 0.05) is 25.0 Å². The fourth-order valence-corrected chi connectivity index (χ4v) is 3.26. The highest BCUT2D eigenvalue weighted by Crippen LogP contribution is 2.38. The number of nitrogens with zero attached hydrogens (tertiary/aromatic N) is 1. The molecule has 0 aliphatic heterocycles. The molecule has 0 aromatic carbocycles. The van der Waals surface area contributed by atoms with E-state index >= 15 is 0 Å². The number of hydrogen-bond acceptors (Lipinski definition) is 2. The molecule has 1 aliphatic rings. The van der Waals surface area contributed by atoms with Crippen LogP contribution in [0.2, 0.25) is 0 Å². The van der Waals surface area contributed by atoms with Gasteiger partial charge in [-0.3, -0.25) is 4.98 Å². The molecule has 1 saturated carbocycles. The quantitative estimate of drug-likeness (QED) is 0.864. The lowest BCUT2D eigenvalue weighted by Crippen LogP contribution is -2.39. The van der Waals surface area contributed by atoms with Crippen LogP contribution < -0.4 is 5.32 Å². The van der Waals surface area contributed by atoms with Crippen LogP contribution in [0.3, 0.4) is 0 Å². The van der Waals surface area contributed by atoms with Gasteiger partial charge in [0.25, 0.3) is 0 Å². The van der Waals surface area contributed by atoms with Crippen LogP contribution in [0, 0.1) is 11.3 Å². The Hall–Kier alpha value is -0.890. The van der Waals surface area contributed by atoms with Gasteiger partial charge in [-0.05, 0) is 48.3 Å². The van der Waals surface area contributed by atoms with Gasteiger partial charge >= 0.3 is 0 Å². The van der Waals surface area contributed by atoms with Gasteiger partial charge in [0.15, 0.2) is 0 Å². The summed E-state index contributed by atoms with van der Waals surface area (Å²) in [7, 11) is 0. The summed E-state index contributed by atoms with van der Waals surface area (Å²) in [5.41, 5.74) is 1.82. The van der Waals surface area contributed by atoms with Crippen molar-refractivity contribution in [3.63, 3.8) is 0 Å². The fraction of sp³-hybridized carbons (Fsp3) is 0.667.